The highest BCUT2D eigenvalue weighted by molar-refractivity contribution is 5.83. The fourth-order valence-electron chi connectivity index (χ4n) is 2.63. The normalized spacial score (nSPS) is 34.6. The van der Waals surface area contributed by atoms with Gasteiger partial charge in [0.1, 0.15) is 0 Å². The van der Waals surface area contributed by atoms with E-state index >= 15 is 0 Å². The van der Waals surface area contributed by atoms with Gasteiger partial charge in [0.15, 0.2) is 0 Å². The third-order valence-electron chi connectivity index (χ3n) is 3.56. The number of ether oxygens (including phenoxy) is 1. The van der Waals surface area contributed by atoms with Crippen LogP contribution < -0.4 is 5.73 Å². The molecule has 1 saturated carbocycles. The van der Waals surface area contributed by atoms with Crippen molar-refractivity contribution in [3.63, 3.8) is 0 Å². The molecule has 2 unspecified atom stereocenters. The molecule has 3 heteroatoms. The lowest BCUT2D eigenvalue weighted by molar-refractivity contribution is 0.0203. The van der Waals surface area contributed by atoms with Crippen molar-refractivity contribution in [1.29, 1.82) is 0 Å². The van der Waals surface area contributed by atoms with Crippen molar-refractivity contribution in [1.82, 2.24) is 0 Å². The van der Waals surface area contributed by atoms with Crippen LogP contribution in [0.5, 0.6) is 0 Å². The molecule has 1 saturated heterocycles. The molecule has 0 radical (unpaired) electrons. The molecule has 0 amide bonds. The number of hydrogen-bond acceptors (Lipinski definition) is 2. The zero-order valence-corrected chi connectivity index (χ0v) is 9.61. The lowest BCUT2D eigenvalue weighted by atomic mass is 10.0. The van der Waals surface area contributed by atoms with Crippen molar-refractivity contribution in [2.45, 2.75) is 57.6 Å². The van der Waals surface area contributed by atoms with Crippen molar-refractivity contribution in [2.24, 2.45) is 16.6 Å². The molecule has 1 aliphatic heterocycles. The predicted molar refractivity (Wildman–Crippen MR) is 62.0 cm³/mol. The second kappa shape index (κ2) is 4.97. The standard InChI is InChI=1S/C12H22N2O/c1-9-8-11(6-7-15-9)14-12(13)10-4-2-3-5-10/h9-11H,2-8H2,1H3,(H2,13,14). The zero-order chi connectivity index (χ0) is 10.7. The monoisotopic (exact) mass is 210 g/mol. The first kappa shape index (κ1) is 10.9. The maximum Gasteiger partial charge on any atom is 0.0971 e. The number of nitrogens with two attached hydrogens (primary N) is 1. The van der Waals surface area contributed by atoms with E-state index in [0.29, 0.717) is 18.1 Å². The summed E-state index contributed by atoms with van der Waals surface area (Å²) in [7, 11) is 0. The van der Waals surface area contributed by atoms with Crippen molar-refractivity contribution >= 4 is 5.84 Å². The molecule has 0 aromatic heterocycles. The third-order valence-corrected chi connectivity index (χ3v) is 3.56. The maximum absolute atomic E-state index is 6.06. The lowest BCUT2D eigenvalue weighted by Crippen LogP contribution is -2.30. The van der Waals surface area contributed by atoms with Crippen LogP contribution in [0, 0.1) is 5.92 Å². The molecular weight excluding hydrogens is 188 g/mol. The Morgan fingerprint density at radius 2 is 2.00 bits per heavy atom. The van der Waals surface area contributed by atoms with E-state index in [2.05, 4.69) is 11.9 Å². The minimum atomic E-state index is 0.351. The van der Waals surface area contributed by atoms with Crippen LogP contribution in [-0.2, 0) is 4.74 Å². The van der Waals surface area contributed by atoms with Gasteiger partial charge < -0.3 is 10.5 Å². The number of nitrogens with zero attached hydrogens (tertiary/aromatic N) is 1. The zero-order valence-electron chi connectivity index (χ0n) is 9.61. The van der Waals surface area contributed by atoms with Gasteiger partial charge in [-0.1, -0.05) is 12.8 Å². The summed E-state index contributed by atoms with van der Waals surface area (Å²) in [6.07, 6.45) is 7.56. The van der Waals surface area contributed by atoms with Gasteiger partial charge in [-0.05, 0) is 32.6 Å². The van der Waals surface area contributed by atoms with Gasteiger partial charge in [0.2, 0.25) is 0 Å². The van der Waals surface area contributed by atoms with E-state index in [0.717, 1.165) is 25.3 Å². The second-order valence-electron chi connectivity index (χ2n) is 4.89. The summed E-state index contributed by atoms with van der Waals surface area (Å²) < 4.78 is 5.51. The molecule has 0 bridgehead atoms. The van der Waals surface area contributed by atoms with Crippen LogP contribution in [0.2, 0.25) is 0 Å². The summed E-state index contributed by atoms with van der Waals surface area (Å²) in [5, 5.41) is 0. The van der Waals surface area contributed by atoms with Crippen LogP contribution in [0.15, 0.2) is 4.99 Å². The fraction of sp³-hybridized carbons (Fsp3) is 0.917. The van der Waals surface area contributed by atoms with E-state index in [-0.39, 0.29) is 0 Å². The Hall–Kier alpha value is -0.570. The highest BCUT2D eigenvalue weighted by Crippen LogP contribution is 2.26. The summed E-state index contributed by atoms with van der Waals surface area (Å²) in [5.74, 6) is 1.48. The summed E-state index contributed by atoms with van der Waals surface area (Å²) in [5.41, 5.74) is 6.06. The minimum absolute atomic E-state index is 0.351. The maximum atomic E-state index is 6.06. The Balaban J connectivity index is 1.89. The predicted octanol–water partition coefficient (Wildman–Crippen LogP) is 2.10. The molecule has 86 valence electrons. The van der Waals surface area contributed by atoms with Crippen LogP contribution in [0.4, 0.5) is 0 Å². The first-order valence-corrected chi connectivity index (χ1v) is 6.20. The van der Waals surface area contributed by atoms with Crippen LogP contribution in [0.25, 0.3) is 0 Å². The van der Waals surface area contributed by atoms with E-state index in [1.54, 1.807) is 0 Å². The molecule has 2 rings (SSSR count). The number of rotatable bonds is 2. The Bertz CT molecular complexity index is 234. The van der Waals surface area contributed by atoms with Crippen LogP contribution in [-0.4, -0.2) is 24.6 Å². The Morgan fingerprint density at radius 3 is 2.67 bits per heavy atom. The van der Waals surface area contributed by atoms with E-state index in [9.17, 15) is 0 Å². The van der Waals surface area contributed by atoms with E-state index < -0.39 is 0 Å². The van der Waals surface area contributed by atoms with Gasteiger partial charge in [-0.25, -0.2) is 0 Å². The summed E-state index contributed by atoms with van der Waals surface area (Å²) >= 11 is 0. The molecule has 3 nitrogen and oxygen atoms in total. The first-order valence-electron chi connectivity index (χ1n) is 6.20. The Labute approximate surface area is 92.1 Å². The molecule has 2 aliphatic rings. The quantitative estimate of drug-likeness (QED) is 0.560. The highest BCUT2D eigenvalue weighted by atomic mass is 16.5. The molecule has 0 aromatic carbocycles. The topological polar surface area (TPSA) is 47.6 Å². The summed E-state index contributed by atoms with van der Waals surface area (Å²) in [6.45, 7) is 2.96. The highest BCUT2D eigenvalue weighted by Gasteiger charge is 2.22. The van der Waals surface area contributed by atoms with Gasteiger partial charge in [-0.15, -0.1) is 0 Å². The molecule has 1 aliphatic carbocycles. The van der Waals surface area contributed by atoms with Gasteiger partial charge in [-0.2, -0.15) is 0 Å². The molecular formula is C12H22N2O. The van der Waals surface area contributed by atoms with Crippen molar-refractivity contribution in [3.05, 3.63) is 0 Å². The average Bonchev–Trinajstić information content (AvgIpc) is 2.70. The Morgan fingerprint density at radius 1 is 1.27 bits per heavy atom. The minimum Gasteiger partial charge on any atom is -0.387 e. The number of hydrogen-bond donors (Lipinski definition) is 1. The number of amidine groups is 1. The van der Waals surface area contributed by atoms with Gasteiger partial charge >= 0.3 is 0 Å². The average molecular weight is 210 g/mol. The van der Waals surface area contributed by atoms with E-state index in [1.165, 1.54) is 25.7 Å². The van der Waals surface area contributed by atoms with E-state index in [1.807, 2.05) is 0 Å². The van der Waals surface area contributed by atoms with Crippen molar-refractivity contribution < 1.29 is 4.74 Å². The third kappa shape index (κ3) is 2.94. The largest absolute Gasteiger partial charge is 0.387 e. The van der Waals surface area contributed by atoms with Gasteiger partial charge in [0.05, 0.1) is 18.0 Å². The molecule has 2 fully saturated rings. The van der Waals surface area contributed by atoms with Crippen LogP contribution >= 0.6 is 0 Å². The first-order chi connectivity index (χ1) is 7.25. The molecule has 0 aromatic rings. The fourth-order valence-corrected chi connectivity index (χ4v) is 2.63. The summed E-state index contributed by atoms with van der Waals surface area (Å²) in [6, 6.07) is 0.411. The molecule has 1 heterocycles. The molecule has 15 heavy (non-hydrogen) atoms. The van der Waals surface area contributed by atoms with Crippen molar-refractivity contribution in [3.8, 4) is 0 Å². The van der Waals surface area contributed by atoms with Gasteiger partial charge in [-0.3, -0.25) is 4.99 Å². The van der Waals surface area contributed by atoms with Crippen LogP contribution in [0.3, 0.4) is 0 Å². The smallest absolute Gasteiger partial charge is 0.0971 e. The summed E-state index contributed by atoms with van der Waals surface area (Å²) in [4.78, 5) is 4.68. The lowest BCUT2D eigenvalue weighted by Gasteiger charge is -2.25. The number of aliphatic imine (C=N–C) groups is 1. The van der Waals surface area contributed by atoms with Crippen molar-refractivity contribution in [2.75, 3.05) is 6.61 Å². The molecule has 0 spiro atoms. The van der Waals surface area contributed by atoms with Crippen LogP contribution in [0.1, 0.15) is 45.4 Å². The van der Waals surface area contributed by atoms with E-state index in [4.69, 9.17) is 10.5 Å². The molecule has 2 N–H and O–H groups in total. The Kier molecular flexibility index (Phi) is 3.62. The van der Waals surface area contributed by atoms with Gasteiger partial charge in [0, 0.05) is 12.5 Å². The molecule has 2 atom stereocenters. The second-order valence-corrected chi connectivity index (χ2v) is 4.89. The van der Waals surface area contributed by atoms with Gasteiger partial charge in [0.25, 0.3) is 0 Å². The SMILES string of the molecule is CC1CC(N=C(N)C2CCCC2)CCO1.